The lowest BCUT2D eigenvalue weighted by molar-refractivity contribution is 0.423. The first kappa shape index (κ1) is 21.6. The quantitative estimate of drug-likeness (QED) is 0.537. The van der Waals surface area contributed by atoms with Crippen molar-refractivity contribution in [1.82, 2.24) is 0 Å². The van der Waals surface area contributed by atoms with Crippen molar-refractivity contribution in [2.45, 2.75) is 78.6 Å². The standard InChI is InChI=1S/C24H33ClO2/c1-22(2,3)16-10-14(11-17(20(16)26)23(4,5)6)15-12-18(24(7,8)9)21(27)19(25)13-15/h10-13,26-27H,1-9H3. The van der Waals surface area contributed by atoms with E-state index < -0.39 is 0 Å². The summed E-state index contributed by atoms with van der Waals surface area (Å²) in [4.78, 5) is 0. The fourth-order valence-electron chi connectivity index (χ4n) is 3.28. The molecule has 0 amide bonds. The summed E-state index contributed by atoms with van der Waals surface area (Å²) in [5, 5.41) is 21.7. The topological polar surface area (TPSA) is 40.5 Å². The van der Waals surface area contributed by atoms with Crippen molar-refractivity contribution in [1.29, 1.82) is 0 Å². The lowest BCUT2D eigenvalue weighted by Crippen LogP contribution is -2.17. The third-order valence-corrected chi connectivity index (χ3v) is 5.22. The van der Waals surface area contributed by atoms with Crippen molar-refractivity contribution in [3.63, 3.8) is 0 Å². The number of benzene rings is 2. The van der Waals surface area contributed by atoms with Gasteiger partial charge in [-0.1, -0.05) is 73.9 Å². The highest BCUT2D eigenvalue weighted by Gasteiger charge is 2.28. The first-order chi connectivity index (χ1) is 12.0. The summed E-state index contributed by atoms with van der Waals surface area (Å²) >= 11 is 6.37. The molecule has 0 saturated heterocycles. The molecule has 3 heteroatoms. The molecule has 0 aromatic heterocycles. The van der Waals surface area contributed by atoms with E-state index in [4.69, 9.17) is 11.6 Å². The summed E-state index contributed by atoms with van der Waals surface area (Å²) < 4.78 is 0. The Labute approximate surface area is 169 Å². The second-order valence-electron chi connectivity index (χ2n) is 10.5. The van der Waals surface area contributed by atoms with Crippen molar-refractivity contribution < 1.29 is 10.2 Å². The molecule has 0 aliphatic carbocycles. The Morgan fingerprint density at radius 3 is 1.19 bits per heavy atom. The minimum Gasteiger partial charge on any atom is -0.507 e. The van der Waals surface area contributed by atoms with Gasteiger partial charge in [0.25, 0.3) is 0 Å². The highest BCUT2D eigenvalue weighted by Crippen LogP contribution is 2.44. The van der Waals surface area contributed by atoms with Crippen LogP contribution >= 0.6 is 11.6 Å². The molecule has 2 aromatic rings. The molecule has 148 valence electrons. The highest BCUT2D eigenvalue weighted by molar-refractivity contribution is 6.32. The minimum absolute atomic E-state index is 0.138. The van der Waals surface area contributed by atoms with Crippen molar-refractivity contribution in [3.05, 3.63) is 46.0 Å². The van der Waals surface area contributed by atoms with Crippen LogP contribution in [0.2, 0.25) is 5.02 Å². The molecular formula is C24H33ClO2. The van der Waals surface area contributed by atoms with Crippen LogP contribution in [-0.4, -0.2) is 10.2 Å². The first-order valence-corrected chi connectivity index (χ1v) is 9.82. The van der Waals surface area contributed by atoms with Gasteiger partial charge in [0.2, 0.25) is 0 Å². The van der Waals surface area contributed by atoms with Gasteiger partial charge in [-0.2, -0.15) is 0 Å². The Morgan fingerprint density at radius 1 is 0.556 bits per heavy atom. The van der Waals surface area contributed by atoms with Crippen LogP contribution in [0.5, 0.6) is 11.5 Å². The maximum absolute atomic E-state index is 10.9. The van der Waals surface area contributed by atoms with E-state index in [0.29, 0.717) is 10.8 Å². The van der Waals surface area contributed by atoms with Gasteiger partial charge >= 0.3 is 0 Å². The lowest BCUT2D eigenvalue weighted by atomic mass is 9.77. The first-order valence-electron chi connectivity index (χ1n) is 9.45. The number of aromatic hydroxyl groups is 2. The predicted molar refractivity (Wildman–Crippen MR) is 116 cm³/mol. The Hall–Kier alpha value is -1.67. The number of rotatable bonds is 1. The van der Waals surface area contributed by atoms with E-state index in [1.165, 1.54) is 0 Å². The van der Waals surface area contributed by atoms with E-state index in [9.17, 15) is 10.2 Å². The van der Waals surface area contributed by atoms with Crippen LogP contribution in [-0.2, 0) is 16.2 Å². The van der Waals surface area contributed by atoms with Crippen LogP contribution in [0.1, 0.15) is 79.0 Å². The van der Waals surface area contributed by atoms with Crippen molar-refractivity contribution in [2.75, 3.05) is 0 Å². The summed E-state index contributed by atoms with van der Waals surface area (Å²) in [5.41, 5.74) is 3.93. The van der Waals surface area contributed by atoms with Gasteiger partial charge in [0, 0.05) is 16.7 Å². The zero-order valence-corrected chi connectivity index (χ0v) is 18.8. The molecule has 2 N–H and O–H groups in total. The molecule has 0 saturated carbocycles. The Bertz CT molecular complexity index is 825. The highest BCUT2D eigenvalue weighted by atomic mass is 35.5. The molecule has 0 spiro atoms. The minimum atomic E-state index is -0.236. The molecular weight excluding hydrogens is 356 g/mol. The monoisotopic (exact) mass is 388 g/mol. The SMILES string of the molecule is CC(C)(C)c1cc(-c2cc(C(C)(C)C)c(O)c(C(C)(C)C)c2)cc(Cl)c1O. The van der Waals surface area contributed by atoms with Gasteiger partial charge in [-0.25, -0.2) is 0 Å². The predicted octanol–water partition coefficient (Wildman–Crippen LogP) is 7.31. The largest absolute Gasteiger partial charge is 0.507 e. The molecule has 0 heterocycles. The molecule has 2 rings (SSSR count). The number of hydrogen-bond donors (Lipinski definition) is 2. The van der Waals surface area contributed by atoms with Gasteiger partial charge in [-0.15, -0.1) is 0 Å². The second kappa shape index (κ2) is 6.74. The van der Waals surface area contributed by atoms with Gasteiger partial charge in [0.05, 0.1) is 5.02 Å². The Kier molecular flexibility index (Phi) is 5.40. The number of phenols is 2. The summed E-state index contributed by atoms with van der Waals surface area (Å²) in [6.45, 7) is 18.8. The maximum Gasteiger partial charge on any atom is 0.137 e. The number of hydrogen-bond acceptors (Lipinski definition) is 2. The molecule has 2 nitrogen and oxygen atoms in total. The van der Waals surface area contributed by atoms with Crippen LogP contribution in [0.25, 0.3) is 11.1 Å². The van der Waals surface area contributed by atoms with Gasteiger partial charge in [-0.3, -0.25) is 0 Å². The lowest BCUT2D eigenvalue weighted by Gasteiger charge is -2.29. The van der Waals surface area contributed by atoms with E-state index in [-0.39, 0.29) is 22.0 Å². The van der Waals surface area contributed by atoms with Crippen LogP contribution in [0, 0.1) is 0 Å². The average molecular weight is 389 g/mol. The molecule has 0 aliphatic rings. The zero-order chi connectivity index (χ0) is 20.9. The zero-order valence-electron chi connectivity index (χ0n) is 18.1. The third-order valence-electron chi connectivity index (χ3n) is 4.93. The molecule has 0 aliphatic heterocycles. The van der Waals surface area contributed by atoms with E-state index >= 15 is 0 Å². The molecule has 0 bridgehead atoms. The van der Waals surface area contributed by atoms with Crippen molar-refractivity contribution in [3.8, 4) is 22.6 Å². The molecule has 0 atom stereocenters. The maximum atomic E-state index is 10.9. The van der Waals surface area contributed by atoms with Crippen LogP contribution in [0.15, 0.2) is 24.3 Å². The molecule has 0 unspecified atom stereocenters. The van der Waals surface area contributed by atoms with Crippen LogP contribution in [0.3, 0.4) is 0 Å². The molecule has 0 fully saturated rings. The van der Waals surface area contributed by atoms with E-state index in [0.717, 1.165) is 27.8 Å². The van der Waals surface area contributed by atoms with Gasteiger partial charge in [0.15, 0.2) is 0 Å². The average Bonchev–Trinajstić information content (AvgIpc) is 2.46. The summed E-state index contributed by atoms with van der Waals surface area (Å²) in [7, 11) is 0. The molecule has 2 aromatic carbocycles. The van der Waals surface area contributed by atoms with Crippen molar-refractivity contribution >= 4 is 11.6 Å². The van der Waals surface area contributed by atoms with Crippen LogP contribution in [0.4, 0.5) is 0 Å². The number of phenolic OH excluding ortho intramolecular Hbond substituents is 2. The Morgan fingerprint density at radius 2 is 0.852 bits per heavy atom. The van der Waals surface area contributed by atoms with Gasteiger partial charge in [-0.05, 0) is 51.6 Å². The molecule has 0 radical (unpaired) electrons. The smallest absolute Gasteiger partial charge is 0.137 e. The summed E-state index contributed by atoms with van der Waals surface area (Å²) in [6.07, 6.45) is 0. The van der Waals surface area contributed by atoms with Gasteiger partial charge < -0.3 is 10.2 Å². The second-order valence-corrected chi connectivity index (χ2v) is 10.9. The van der Waals surface area contributed by atoms with Crippen LogP contribution < -0.4 is 0 Å². The third kappa shape index (κ3) is 4.43. The summed E-state index contributed by atoms with van der Waals surface area (Å²) in [5.74, 6) is 0.499. The number of halogens is 1. The van der Waals surface area contributed by atoms with E-state index in [1.54, 1.807) is 6.07 Å². The fourth-order valence-corrected chi connectivity index (χ4v) is 3.50. The van der Waals surface area contributed by atoms with E-state index in [2.05, 4.69) is 62.3 Å². The molecule has 27 heavy (non-hydrogen) atoms. The fraction of sp³-hybridized carbons (Fsp3) is 0.500. The van der Waals surface area contributed by atoms with E-state index in [1.807, 2.05) is 18.2 Å². The van der Waals surface area contributed by atoms with Gasteiger partial charge in [0.1, 0.15) is 11.5 Å². The Balaban J connectivity index is 2.86. The summed E-state index contributed by atoms with van der Waals surface area (Å²) in [6, 6.07) is 7.89. The normalized spacial score (nSPS) is 13.1. The van der Waals surface area contributed by atoms with Crippen molar-refractivity contribution in [2.24, 2.45) is 0 Å².